The van der Waals surface area contributed by atoms with Gasteiger partial charge in [0.15, 0.2) is 0 Å². The van der Waals surface area contributed by atoms with Gasteiger partial charge in [-0.15, -0.1) is 0 Å². The molecule has 0 saturated heterocycles. The lowest BCUT2D eigenvalue weighted by molar-refractivity contribution is -0.236. The summed E-state index contributed by atoms with van der Waals surface area (Å²) in [7, 11) is 0. The third kappa shape index (κ3) is 2.37. The predicted molar refractivity (Wildman–Crippen MR) is 35.4 cm³/mol. The second-order valence-electron chi connectivity index (χ2n) is 2.93. The molecular formula is C7H7F3O3. The van der Waals surface area contributed by atoms with E-state index < -0.39 is 23.7 Å². The van der Waals surface area contributed by atoms with Gasteiger partial charge in [-0.3, -0.25) is 0 Å². The van der Waals surface area contributed by atoms with Gasteiger partial charge in [-0.25, -0.2) is 4.79 Å². The normalized spacial score (nSPS) is 21.6. The Bertz CT molecular complexity index is 265. The third-order valence-corrected chi connectivity index (χ3v) is 1.23. The summed E-state index contributed by atoms with van der Waals surface area (Å²) in [6.45, 7) is 2.45. The zero-order valence-electron chi connectivity index (χ0n) is 6.94. The zero-order chi connectivity index (χ0) is 10.3. The molecule has 0 aromatic rings. The van der Waals surface area contributed by atoms with Crippen LogP contribution in [0.5, 0.6) is 0 Å². The quantitative estimate of drug-likeness (QED) is 0.553. The van der Waals surface area contributed by atoms with Crippen molar-refractivity contribution >= 4 is 5.97 Å². The Kier molecular flexibility index (Phi) is 2.01. The van der Waals surface area contributed by atoms with Gasteiger partial charge in [0.05, 0.1) is 6.08 Å². The fourth-order valence-electron chi connectivity index (χ4n) is 0.834. The summed E-state index contributed by atoms with van der Waals surface area (Å²) in [6, 6.07) is 0. The van der Waals surface area contributed by atoms with Crippen molar-refractivity contribution in [3.63, 3.8) is 0 Å². The van der Waals surface area contributed by atoms with Gasteiger partial charge < -0.3 is 9.47 Å². The maximum Gasteiger partial charge on any atom is 0.449 e. The maximum absolute atomic E-state index is 12.1. The van der Waals surface area contributed by atoms with Crippen molar-refractivity contribution in [1.29, 1.82) is 0 Å². The van der Waals surface area contributed by atoms with Gasteiger partial charge in [-0.05, 0) is 0 Å². The second kappa shape index (κ2) is 2.65. The lowest BCUT2D eigenvalue weighted by Crippen LogP contribution is -2.37. The SMILES string of the molecule is CC1(C)OC(=O)C=C(C(F)(F)F)O1. The standard InChI is InChI=1S/C7H7F3O3/c1-6(2)12-4(7(8,9)10)3-5(11)13-6/h3H,1-2H3. The van der Waals surface area contributed by atoms with Crippen LogP contribution in [0, 0.1) is 0 Å². The average Bonchev–Trinajstić information content (AvgIpc) is 1.79. The largest absolute Gasteiger partial charge is 0.449 e. The highest BCUT2D eigenvalue weighted by molar-refractivity contribution is 5.83. The summed E-state index contributed by atoms with van der Waals surface area (Å²) in [4.78, 5) is 10.7. The molecule has 0 aromatic carbocycles. The smallest absolute Gasteiger partial charge is 0.447 e. The first-order valence-electron chi connectivity index (χ1n) is 3.41. The maximum atomic E-state index is 12.1. The molecule has 0 amide bonds. The summed E-state index contributed by atoms with van der Waals surface area (Å²) in [5.74, 6) is -3.94. The number of allylic oxidation sites excluding steroid dienone is 1. The van der Waals surface area contributed by atoms with E-state index in [1.807, 2.05) is 0 Å². The molecule has 0 saturated carbocycles. The first-order chi connectivity index (χ1) is 5.71. The van der Waals surface area contributed by atoms with E-state index in [2.05, 4.69) is 9.47 Å². The molecule has 0 unspecified atom stereocenters. The Morgan fingerprint density at radius 1 is 1.31 bits per heavy atom. The molecule has 1 aliphatic heterocycles. The molecule has 0 bridgehead atoms. The van der Waals surface area contributed by atoms with E-state index in [4.69, 9.17) is 0 Å². The number of esters is 1. The number of cyclic esters (lactones) is 1. The molecule has 74 valence electrons. The van der Waals surface area contributed by atoms with Crippen LogP contribution in [0.4, 0.5) is 13.2 Å². The number of rotatable bonds is 0. The van der Waals surface area contributed by atoms with E-state index in [1.165, 1.54) is 13.8 Å². The summed E-state index contributed by atoms with van der Waals surface area (Å²) in [5.41, 5.74) is 0. The van der Waals surface area contributed by atoms with E-state index in [-0.39, 0.29) is 6.08 Å². The van der Waals surface area contributed by atoms with Crippen LogP contribution in [0.1, 0.15) is 13.8 Å². The molecule has 0 atom stereocenters. The zero-order valence-corrected chi connectivity index (χ0v) is 6.94. The molecule has 0 aromatic heterocycles. The topological polar surface area (TPSA) is 35.5 Å². The Balaban J connectivity index is 2.94. The minimum Gasteiger partial charge on any atom is -0.447 e. The molecular weight excluding hydrogens is 189 g/mol. The number of halogens is 3. The highest BCUT2D eigenvalue weighted by Crippen LogP contribution is 2.33. The molecule has 0 aliphatic carbocycles. The number of carbonyl (C=O) groups is 1. The average molecular weight is 196 g/mol. The van der Waals surface area contributed by atoms with Gasteiger partial charge in [0.2, 0.25) is 11.5 Å². The molecule has 0 spiro atoms. The van der Waals surface area contributed by atoms with Crippen molar-refractivity contribution in [1.82, 2.24) is 0 Å². The number of alkyl halides is 3. The van der Waals surface area contributed by atoms with Crippen LogP contribution in [-0.4, -0.2) is 17.9 Å². The van der Waals surface area contributed by atoms with Gasteiger partial charge in [-0.2, -0.15) is 13.2 Å². The van der Waals surface area contributed by atoms with Crippen molar-refractivity contribution in [3.05, 3.63) is 11.8 Å². The molecule has 3 nitrogen and oxygen atoms in total. The summed E-state index contributed by atoms with van der Waals surface area (Å²) >= 11 is 0. The number of ether oxygens (including phenoxy) is 2. The van der Waals surface area contributed by atoms with Crippen LogP contribution in [0.3, 0.4) is 0 Å². The number of hydrogen-bond acceptors (Lipinski definition) is 3. The van der Waals surface area contributed by atoms with Gasteiger partial charge in [0.25, 0.3) is 0 Å². The minimum absolute atomic E-state index is 0.283. The van der Waals surface area contributed by atoms with E-state index in [0.717, 1.165) is 0 Å². The van der Waals surface area contributed by atoms with Crippen molar-refractivity contribution in [2.45, 2.75) is 25.8 Å². The van der Waals surface area contributed by atoms with E-state index in [9.17, 15) is 18.0 Å². The Morgan fingerprint density at radius 2 is 1.85 bits per heavy atom. The van der Waals surface area contributed by atoms with E-state index in [1.54, 1.807) is 0 Å². The number of carbonyl (C=O) groups excluding carboxylic acids is 1. The second-order valence-corrected chi connectivity index (χ2v) is 2.93. The van der Waals surface area contributed by atoms with Crippen molar-refractivity contribution in [2.75, 3.05) is 0 Å². The Hall–Kier alpha value is -1.20. The van der Waals surface area contributed by atoms with Gasteiger partial charge >= 0.3 is 12.1 Å². The summed E-state index contributed by atoms with van der Waals surface area (Å²) < 4.78 is 45.0. The van der Waals surface area contributed by atoms with Crippen LogP contribution in [0.15, 0.2) is 11.8 Å². The first kappa shape index (κ1) is 9.88. The molecule has 0 radical (unpaired) electrons. The monoisotopic (exact) mass is 196 g/mol. The number of hydrogen-bond donors (Lipinski definition) is 0. The van der Waals surface area contributed by atoms with Gasteiger partial charge in [0, 0.05) is 13.8 Å². The van der Waals surface area contributed by atoms with Crippen molar-refractivity contribution < 1.29 is 27.4 Å². The Morgan fingerprint density at radius 3 is 2.23 bits per heavy atom. The minimum atomic E-state index is -4.66. The fourth-order valence-corrected chi connectivity index (χ4v) is 0.834. The van der Waals surface area contributed by atoms with Crippen LogP contribution in [0.25, 0.3) is 0 Å². The van der Waals surface area contributed by atoms with E-state index in [0.29, 0.717) is 0 Å². The van der Waals surface area contributed by atoms with Crippen molar-refractivity contribution in [2.24, 2.45) is 0 Å². The molecule has 6 heteroatoms. The third-order valence-electron chi connectivity index (χ3n) is 1.23. The molecule has 1 heterocycles. The summed E-state index contributed by atoms with van der Waals surface area (Å²) in [5, 5.41) is 0. The molecule has 13 heavy (non-hydrogen) atoms. The van der Waals surface area contributed by atoms with Gasteiger partial charge in [-0.1, -0.05) is 0 Å². The first-order valence-corrected chi connectivity index (χ1v) is 3.41. The lowest BCUT2D eigenvalue weighted by Gasteiger charge is -2.30. The van der Waals surface area contributed by atoms with E-state index >= 15 is 0 Å². The molecule has 0 fully saturated rings. The highest BCUT2D eigenvalue weighted by Gasteiger charge is 2.44. The molecule has 1 rings (SSSR count). The summed E-state index contributed by atoms with van der Waals surface area (Å²) in [6.07, 6.45) is -4.37. The van der Waals surface area contributed by atoms with Gasteiger partial charge in [0.1, 0.15) is 0 Å². The van der Waals surface area contributed by atoms with Crippen LogP contribution in [-0.2, 0) is 14.3 Å². The predicted octanol–water partition coefficient (Wildman–Crippen LogP) is 1.74. The molecule has 0 N–H and O–H groups in total. The fraction of sp³-hybridized carbons (Fsp3) is 0.571. The highest BCUT2D eigenvalue weighted by atomic mass is 19.4. The van der Waals surface area contributed by atoms with Crippen molar-refractivity contribution in [3.8, 4) is 0 Å². The van der Waals surface area contributed by atoms with Crippen LogP contribution < -0.4 is 0 Å². The van der Waals surface area contributed by atoms with Crippen LogP contribution >= 0.6 is 0 Å². The Labute approximate surface area is 72.1 Å². The molecule has 1 aliphatic rings. The van der Waals surface area contributed by atoms with Crippen LogP contribution in [0.2, 0.25) is 0 Å². The lowest BCUT2D eigenvalue weighted by atomic mass is 10.3.